The average Bonchev–Trinajstić information content (AvgIpc) is 3.04. The summed E-state index contributed by atoms with van der Waals surface area (Å²) in [5, 5.41) is 5.31. The molecule has 6 nitrogen and oxygen atoms in total. The Morgan fingerprint density at radius 1 is 1.50 bits per heavy atom. The van der Waals surface area contributed by atoms with Crippen LogP contribution in [0.15, 0.2) is 5.38 Å². The smallest absolute Gasteiger partial charge is 0.410 e. The maximum atomic E-state index is 12.4. The molecule has 1 aliphatic rings. The van der Waals surface area contributed by atoms with E-state index in [-0.39, 0.29) is 5.91 Å². The molecular formula is C15H23N3O3S. The summed E-state index contributed by atoms with van der Waals surface area (Å²) in [5.41, 5.74) is 0.391. The Labute approximate surface area is 134 Å². The van der Waals surface area contributed by atoms with Crippen LogP contribution in [0.3, 0.4) is 0 Å². The number of nitrogens with zero attached hydrogens (tertiary/aromatic N) is 2. The van der Waals surface area contributed by atoms with Gasteiger partial charge in [-0.05, 0) is 40.0 Å². The van der Waals surface area contributed by atoms with E-state index in [1.165, 1.54) is 16.2 Å². The molecule has 0 bridgehead atoms. The molecular weight excluding hydrogens is 302 g/mol. The molecule has 0 saturated carbocycles. The second-order valence-electron chi connectivity index (χ2n) is 6.32. The molecule has 0 aliphatic carbocycles. The van der Waals surface area contributed by atoms with E-state index in [4.69, 9.17) is 4.74 Å². The van der Waals surface area contributed by atoms with Crippen LogP contribution in [0.25, 0.3) is 0 Å². The second kappa shape index (κ2) is 6.64. The Morgan fingerprint density at radius 2 is 2.23 bits per heavy atom. The first-order valence-corrected chi connectivity index (χ1v) is 8.43. The number of carbonyl (C=O) groups is 2. The van der Waals surface area contributed by atoms with E-state index in [0.29, 0.717) is 18.1 Å². The summed E-state index contributed by atoms with van der Waals surface area (Å²) < 4.78 is 5.37. The third kappa shape index (κ3) is 4.19. The molecule has 2 amide bonds. The van der Waals surface area contributed by atoms with E-state index in [2.05, 4.69) is 10.3 Å². The molecule has 1 aromatic rings. The maximum absolute atomic E-state index is 12.4. The highest BCUT2D eigenvalue weighted by atomic mass is 32.1. The molecule has 2 heterocycles. The van der Waals surface area contributed by atoms with Gasteiger partial charge in [-0.3, -0.25) is 9.69 Å². The number of rotatable bonds is 3. The van der Waals surface area contributed by atoms with E-state index in [1.54, 1.807) is 0 Å². The Bertz CT molecular complexity index is 550. The molecule has 1 fully saturated rings. The van der Waals surface area contributed by atoms with E-state index >= 15 is 0 Å². The van der Waals surface area contributed by atoms with Crippen molar-refractivity contribution in [2.75, 3.05) is 11.9 Å². The van der Waals surface area contributed by atoms with Gasteiger partial charge >= 0.3 is 6.09 Å². The molecule has 1 saturated heterocycles. The standard InChI is InChI=1S/C15H23N3O3S/c1-5-10-9-22-13(16-10)17-12(19)11-7-6-8-18(11)14(20)21-15(2,3)4/h9,11H,5-8H2,1-4H3,(H,16,17,19). The number of likely N-dealkylation sites (tertiary alicyclic amines) is 1. The van der Waals surface area contributed by atoms with Gasteiger partial charge in [0.2, 0.25) is 5.91 Å². The average molecular weight is 325 g/mol. The quantitative estimate of drug-likeness (QED) is 0.927. The lowest BCUT2D eigenvalue weighted by molar-refractivity contribution is -0.120. The van der Waals surface area contributed by atoms with Gasteiger partial charge in [0, 0.05) is 11.9 Å². The number of amides is 2. The molecule has 0 aromatic carbocycles. The lowest BCUT2D eigenvalue weighted by atomic mass is 10.2. The van der Waals surface area contributed by atoms with Crippen LogP contribution in [0.5, 0.6) is 0 Å². The number of hydrogen-bond donors (Lipinski definition) is 1. The van der Waals surface area contributed by atoms with Gasteiger partial charge < -0.3 is 10.1 Å². The van der Waals surface area contributed by atoms with Crippen LogP contribution < -0.4 is 5.32 Å². The van der Waals surface area contributed by atoms with Gasteiger partial charge in [0.1, 0.15) is 11.6 Å². The van der Waals surface area contributed by atoms with Crippen LogP contribution in [0.1, 0.15) is 46.2 Å². The predicted molar refractivity (Wildman–Crippen MR) is 86.1 cm³/mol. The third-order valence-electron chi connectivity index (χ3n) is 3.33. The van der Waals surface area contributed by atoms with E-state index in [0.717, 1.165) is 18.5 Å². The van der Waals surface area contributed by atoms with Crippen LogP contribution >= 0.6 is 11.3 Å². The van der Waals surface area contributed by atoms with Crippen molar-refractivity contribution in [3.63, 3.8) is 0 Å². The largest absolute Gasteiger partial charge is 0.444 e. The van der Waals surface area contributed by atoms with E-state index in [9.17, 15) is 9.59 Å². The molecule has 7 heteroatoms. The summed E-state index contributed by atoms with van der Waals surface area (Å²) in [4.78, 5) is 30.4. The number of thiazole rings is 1. The lowest BCUT2D eigenvalue weighted by Gasteiger charge is -2.27. The van der Waals surface area contributed by atoms with Crippen molar-refractivity contribution in [3.05, 3.63) is 11.1 Å². The minimum Gasteiger partial charge on any atom is -0.444 e. The zero-order chi connectivity index (χ0) is 16.3. The molecule has 1 aliphatic heterocycles. The Morgan fingerprint density at radius 3 is 2.82 bits per heavy atom. The van der Waals surface area contributed by atoms with Crippen molar-refractivity contribution in [1.82, 2.24) is 9.88 Å². The number of carbonyl (C=O) groups excluding carboxylic acids is 2. The first-order chi connectivity index (χ1) is 10.3. The first-order valence-electron chi connectivity index (χ1n) is 7.55. The van der Waals surface area contributed by atoms with Crippen LogP contribution in [-0.4, -0.2) is 40.1 Å². The summed E-state index contributed by atoms with van der Waals surface area (Å²) in [7, 11) is 0. The monoisotopic (exact) mass is 325 g/mol. The van der Waals surface area contributed by atoms with Gasteiger partial charge in [-0.2, -0.15) is 0 Å². The molecule has 0 radical (unpaired) electrons. The zero-order valence-corrected chi connectivity index (χ0v) is 14.3. The van der Waals surface area contributed by atoms with Gasteiger partial charge in [-0.15, -0.1) is 11.3 Å². The summed E-state index contributed by atoms with van der Waals surface area (Å²) in [6.45, 7) is 8.01. The Kier molecular flexibility index (Phi) is 5.05. The third-order valence-corrected chi connectivity index (χ3v) is 4.13. The first kappa shape index (κ1) is 16.7. The minimum atomic E-state index is -0.563. The SMILES string of the molecule is CCc1csc(NC(=O)C2CCCN2C(=O)OC(C)(C)C)n1. The summed E-state index contributed by atoms with van der Waals surface area (Å²) in [6.07, 6.45) is 1.85. The highest BCUT2D eigenvalue weighted by molar-refractivity contribution is 7.13. The Balaban J connectivity index is 2.00. The van der Waals surface area contributed by atoms with Crippen LogP contribution in [-0.2, 0) is 16.0 Å². The number of hydrogen-bond acceptors (Lipinski definition) is 5. The topological polar surface area (TPSA) is 71.5 Å². The van der Waals surface area contributed by atoms with Gasteiger partial charge in [-0.25, -0.2) is 9.78 Å². The second-order valence-corrected chi connectivity index (χ2v) is 7.18. The van der Waals surface area contributed by atoms with Crippen LogP contribution in [0, 0.1) is 0 Å². The van der Waals surface area contributed by atoms with Crippen molar-refractivity contribution in [2.24, 2.45) is 0 Å². The lowest BCUT2D eigenvalue weighted by Crippen LogP contribution is -2.45. The molecule has 0 spiro atoms. The molecule has 1 atom stereocenters. The van der Waals surface area contributed by atoms with Crippen molar-refractivity contribution in [2.45, 2.75) is 58.6 Å². The molecule has 1 N–H and O–H groups in total. The summed E-state index contributed by atoms with van der Waals surface area (Å²) >= 11 is 1.40. The van der Waals surface area contributed by atoms with E-state index in [1.807, 2.05) is 33.1 Å². The number of aromatic nitrogens is 1. The number of nitrogens with one attached hydrogen (secondary N) is 1. The highest BCUT2D eigenvalue weighted by Crippen LogP contribution is 2.23. The van der Waals surface area contributed by atoms with Crippen molar-refractivity contribution in [1.29, 1.82) is 0 Å². The normalized spacial score (nSPS) is 18.4. The zero-order valence-electron chi connectivity index (χ0n) is 13.5. The fourth-order valence-corrected chi connectivity index (χ4v) is 3.09. The molecule has 1 unspecified atom stereocenters. The molecule has 1 aromatic heterocycles. The summed E-state index contributed by atoms with van der Waals surface area (Å²) in [5.74, 6) is -0.194. The number of aryl methyl sites for hydroxylation is 1. The maximum Gasteiger partial charge on any atom is 0.410 e. The highest BCUT2D eigenvalue weighted by Gasteiger charge is 2.36. The molecule has 22 heavy (non-hydrogen) atoms. The van der Waals surface area contributed by atoms with Crippen molar-refractivity contribution >= 4 is 28.5 Å². The van der Waals surface area contributed by atoms with Crippen LogP contribution in [0.2, 0.25) is 0 Å². The number of anilines is 1. The molecule has 2 rings (SSSR count). The predicted octanol–water partition coefficient (Wildman–Crippen LogP) is 3.04. The van der Waals surface area contributed by atoms with Gasteiger partial charge in [-0.1, -0.05) is 6.92 Å². The van der Waals surface area contributed by atoms with Gasteiger partial charge in [0.05, 0.1) is 5.69 Å². The van der Waals surface area contributed by atoms with Crippen molar-refractivity contribution < 1.29 is 14.3 Å². The fraction of sp³-hybridized carbons (Fsp3) is 0.667. The summed E-state index contributed by atoms with van der Waals surface area (Å²) in [6, 6.07) is -0.483. The minimum absolute atomic E-state index is 0.194. The van der Waals surface area contributed by atoms with Gasteiger partial charge in [0.25, 0.3) is 0 Å². The van der Waals surface area contributed by atoms with Crippen LogP contribution in [0.4, 0.5) is 9.93 Å². The van der Waals surface area contributed by atoms with Crippen molar-refractivity contribution in [3.8, 4) is 0 Å². The van der Waals surface area contributed by atoms with Gasteiger partial charge in [0.15, 0.2) is 5.13 Å². The number of ether oxygens (including phenoxy) is 1. The Hall–Kier alpha value is -1.63. The fourth-order valence-electron chi connectivity index (χ4n) is 2.29. The molecule has 122 valence electrons. The van der Waals surface area contributed by atoms with E-state index < -0.39 is 17.7 Å².